The third-order valence-corrected chi connectivity index (χ3v) is 5.11. The standard InChI is InChI=1S/C19H30N2O/c1-17-9-13-20(14-10-17)15-16-22-19-7-5-18(6-8-19)21-11-3-2-4-12-21/h5-8,17H,2-4,9-16H2,1H3. The Labute approximate surface area is 135 Å². The summed E-state index contributed by atoms with van der Waals surface area (Å²) >= 11 is 0. The second-order valence-electron chi connectivity index (χ2n) is 6.91. The van der Waals surface area contributed by atoms with Crippen LogP contribution in [0.1, 0.15) is 39.0 Å². The van der Waals surface area contributed by atoms with Gasteiger partial charge < -0.3 is 9.64 Å². The summed E-state index contributed by atoms with van der Waals surface area (Å²) in [7, 11) is 0. The van der Waals surface area contributed by atoms with E-state index in [4.69, 9.17) is 4.74 Å². The third-order valence-electron chi connectivity index (χ3n) is 5.11. The highest BCUT2D eigenvalue weighted by atomic mass is 16.5. The fourth-order valence-corrected chi connectivity index (χ4v) is 3.48. The van der Waals surface area contributed by atoms with Gasteiger partial charge in [0, 0.05) is 25.3 Å². The fraction of sp³-hybridized carbons (Fsp3) is 0.684. The largest absolute Gasteiger partial charge is 0.492 e. The second-order valence-corrected chi connectivity index (χ2v) is 6.91. The minimum absolute atomic E-state index is 0.803. The van der Waals surface area contributed by atoms with E-state index in [1.54, 1.807) is 0 Å². The minimum Gasteiger partial charge on any atom is -0.492 e. The van der Waals surface area contributed by atoms with E-state index < -0.39 is 0 Å². The molecule has 1 aromatic rings. The van der Waals surface area contributed by atoms with Crippen LogP contribution in [0.3, 0.4) is 0 Å². The molecule has 0 aliphatic carbocycles. The number of ether oxygens (including phenoxy) is 1. The summed E-state index contributed by atoms with van der Waals surface area (Å²) in [5, 5.41) is 0. The molecule has 0 aromatic heterocycles. The summed E-state index contributed by atoms with van der Waals surface area (Å²) < 4.78 is 5.92. The van der Waals surface area contributed by atoms with Crippen LogP contribution in [0.15, 0.2) is 24.3 Å². The Bertz CT molecular complexity index is 431. The van der Waals surface area contributed by atoms with Gasteiger partial charge in [-0.1, -0.05) is 6.92 Å². The number of hydrogen-bond acceptors (Lipinski definition) is 3. The Hall–Kier alpha value is -1.22. The van der Waals surface area contributed by atoms with Crippen LogP contribution in [-0.4, -0.2) is 44.2 Å². The van der Waals surface area contributed by atoms with Gasteiger partial charge in [-0.05, 0) is 75.4 Å². The Morgan fingerprint density at radius 2 is 1.64 bits per heavy atom. The highest BCUT2D eigenvalue weighted by molar-refractivity contribution is 5.49. The molecule has 0 radical (unpaired) electrons. The summed E-state index contributed by atoms with van der Waals surface area (Å²) in [6.07, 6.45) is 6.71. The lowest BCUT2D eigenvalue weighted by Gasteiger charge is -2.30. The molecule has 2 aliphatic heterocycles. The molecule has 1 aromatic carbocycles. The smallest absolute Gasteiger partial charge is 0.119 e. The predicted molar refractivity (Wildman–Crippen MR) is 92.8 cm³/mol. The van der Waals surface area contributed by atoms with E-state index in [9.17, 15) is 0 Å². The molecule has 22 heavy (non-hydrogen) atoms. The van der Waals surface area contributed by atoms with Crippen LogP contribution in [-0.2, 0) is 0 Å². The van der Waals surface area contributed by atoms with Gasteiger partial charge >= 0.3 is 0 Å². The Kier molecular flexibility index (Phi) is 5.60. The molecule has 2 saturated heterocycles. The van der Waals surface area contributed by atoms with Crippen molar-refractivity contribution in [3.63, 3.8) is 0 Å². The van der Waals surface area contributed by atoms with E-state index in [0.29, 0.717) is 0 Å². The van der Waals surface area contributed by atoms with Gasteiger partial charge in [0.25, 0.3) is 0 Å². The van der Waals surface area contributed by atoms with E-state index in [-0.39, 0.29) is 0 Å². The molecule has 0 unspecified atom stereocenters. The van der Waals surface area contributed by atoms with Gasteiger partial charge in [0.15, 0.2) is 0 Å². The Morgan fingerprint density at radius 3 is 2.32 bits per heavy atom. The fourth-order valence-electron chi connectivity index (χ4n) is 3.48. The quantitative estimate of drug-likeness (QED) is 0.823. The highest BCUT2D eigenvalue weighted by Gasteiger charge is 2.15. The lowest BCUT2D eigenvalue weighted by atomic mass is 9.99. The van der Waals surface area contributed by atoms with Crippen LogP contribution in [0.5, 0.6) is 5.75 Å². The SMILES string of the molecule is CC1CCN(CCOc2ccc(N3CCCCC3)cc2)CC1. The van der Waals surface area contributed by atoms with Crippen LogP contribution in [0, 0.1) is 5.92 Å². The molecule has 2 aliphatic rings. The zero-order valence-electron chi connectivity index (χ0n) is 14.0. The first-order chi connectivity index (χ1) is 10.8. The number of benzene rings is 1. The molecule has 0 amide bonds. The number of nitrogens with zero attached hydrogens (tertiary/aromatic N) is 2. The van der Waals surface area contributed by atoms with Crippen LogP contribution < -0.4 is 9.64 Å². The van der Waals surface area contributed by atoms with Crippen molar-refractivity contribution < 1.29 is 4.74 Å². The van der Waals surface area contributed by atoms with Crippen LogP contribution >= 0.6 is 0 Å². The van der Waals surface area contributed by atoms with E-state index in [2.05, 4.69) is 41.0 Å². The van der Waals surface area contributed by atoms with Crippen molar-refractivity contribution >= 4 is 5.69 Å². The molecule has 3 rings (SSSR count). The first-order valence-corrected chi connectivity index (χ1v) is 9.01. The monoisotopic (exact) mass is 302 g/mol. The number of rotatable bonds is 5. The number of likely N-dealkylation sites (tertiary alicyclic amines) is 1. The van der Waals surface area contributed by atoms with Gasteiger partial charge in [0.2, 0.25) is 0 Å². The van der Waals surface area contributed by atoms with Gasteiger partial charge in [-0.15, -0.1) is 0 Å². The van der Waals surface area contributed by atoms with Gasteiger partial charge in [-0.3, -0.25) is 4.90 Å². The zero-order valence-corrected chi connectivity index (χ0v) is 14.0. The van der Waals surface area contributed by atoms with Crippen molar-refractivity contribution in [2.75, 3.05) is 44.2 Å². The second kappa shape index (κ2) is 7.87. The maximum Gasteiger partial charge on any atom is 0.119 e. The zero-order chi connectivity index (χ0) is 15.2. The predicted octanol–water partition coefficient (Wildman–Crippen LogP) is 3.79. The number of hydrogen-bond donors (Lipinski definition) is 0. The van der Waals surface area contributed by atoms with Gasteiger partial charge in [0.05, 0.1) is 0 Å². The van der Waals surface area contributed by atoms with Gasteiger partial charge in [-0.2, -0.15) is 0 Å². The first kappa shape index (κ1) is 15.7. The van der Waals surface area contributed by atoms with Crippen molar-refractivity contribution in [3.8, 4) is 5.75 Å². The molecule has 2 heterocycles. The molecular formula is C19H30N2O. The molecular weight excluding hydrogens is 272 g/mol. The first-order valence-electron chi connectivity index (χ1n) is 9.01. The molecule has 0 N–H and O–H groups in total. The van der Waals surface area contributed by atoms with Crippen molar-refractivity contribution in [3.05, 3.63) is 24.3 Å². The van der Waals surface area contributed by atoms with Crippen molar-refractivity contribution in [2.24, 2.45) is 5.92 Å². The lowest BCUT2D eigenvalue weighted by molar-refractivity contribution is 0.160. The summed E-state index contributed by atoms with van der Waals surface area (Å²) in [5.41, 5.74) is 1.34. The van der Waals surface area contributed by atoms with Crippen molar-refractivity contribution in [1.29, 1.82) is 0 Å². The maximum absolute atomic E-state index is 5.92. The van der Waals surface area contributed by atoms with E-state index >= 15 is 0 Å². The average molecular weight is 302 g/mol. The van der Waals surface area contributed by atoms with Crippen molar-refractivity contribution in [2.45, 2.75) is 39.0 Å². The summed E-state index contributed by atoms with van der Waals surface area (Å²) in [6, 6.07) is 8.68. The van der Waals surface area contributed by atoms with Crippen LogP contribution in [0.2, 0.25) is 0 Å². The molecule has 3 heteroatoms. The number of piperidine rings is 2. The van der Waals surface area contributed by atoms with E-state index in [0.717, 1.165) is 24.8 Å². The molecule has 3 nitrogen and oxygen atoms in total. The van der Waals surface area contributed by atoms with E-state index in [1.165, 1.54) is 64.0 Å². The van der Waals surface area contributed by atoms with Gasteiger partial charge in [-0.25, -0.2) is 0 Å². The van der Waals surface area contributed by atoms with Crippen LogP contribution in [0.4, 0.5) is 5.69 Å². The maximum atomic E-state index is 5.92. The molecule has 2 fully saturated rings. The molecule has 0 bridgehead atoms. The van der Waals surface area contributed by atoms with Crippen LogP contribution in [0.25, 0.3) is 0 Å². The van der Waals surface area contributed by atoms with Crippen molar-refractivity contribution in [1.82, 2.24) is 4.90 Å². The summed E-state index contributed by atoms with van der Waals surface area (Å²) in [6.45, 7) is 9.09. The summed E-state index contributed by atoms with van der Waals surface area (Å²) in [5.74, 6) is 1.91. The molecule has 0 saturated carbocycles. The van der Waals surface area contributed by atoms with E-state index in [1.807, 2.05) is 0 Å². The Morgan fingerprint density at radius 1 is 0.955 bits per heavy atom. The highest BCUT2D eigenvalue weighted by Crippen LogP contribution is 2.23. The van der Waals surface area contributed by atoms with Gasteiger partial charge in [0.1, 0.15) is 12.4 Å². The minimum atomic E-state index is 0.803. The topological polar surface area (TPSA) is 15.7 Å². The normalized spacial score (nSPS) is 21.0. The lowest BCUT2D eigenvalue weighted by Crippen LogP contribution is -2.35. The molecule has 122 valence electrons. The molecule has 0 spiro atoms. The molecule has 0 atom stereocenters. The third kappa shape index (κ3) is 4.39. The summed E-state index contributed by atoms with van der Waals surface area (Å²) in [4.78, 5) is 5.02. The number of anilines is 1. The Balaban J connectivity index is 1.41. The average Bonchev–Trinajstić information content (AvgIpc) is 2.58.